The molecule has 318 valence electrons. The van der Waals surface area contributed by atoms with Crippen molar-refractivity contribution >= 4 is 44.6 Å². The molecule has 1 N–H and O–H groups in total. The highest BCUT2D eigenvalue weighted by atomic mass is 32.2. The summed E-state index contributed by atoms with van der Waals surface area (Å²) in [5, 5.41) is -2.69. The minimum absolute atomic E-state index is 0.145. The van der Waals surface area contributed by atoms with Crippen LogP contribution in [0.2, 0.25) is 0 Å². The van der Waals surface area contributed by atoms with Crippen LogP contribution in [0.1, 0.15) is 104 Å². The number of rotatable bonds is 9. The van der Waals surface area contributed by atoms with E-state index in [9.17, 15) is 40.8 Å². The fourth-order valence-corrected chi connectivity index (χ4v) is 10.2. The van der Waals surface area contributed by atoms with Crippen molar-refractivity contribution in [3.8, 4) is 11.6 Å². The van der Waals surface area contributed by atoms with Gasteiger partial charge in [-0.05, 0) is 62.0 Å². The first kappa shape index (κ1) is 42.1. The number of hydrogen-bond acceptors (Lipinski definition) is 11. The van der Waals surface area contributed by atoms with Crippen LogP contribution in [0.15, 0.2) is 18.2 Å². The van der Waals surface area contributed by atoms with Crippen LogP contribution in [0.4, 0.5) is 13.2 Å². The number of ether oxygens (including phenoxy) is 3. The maximum Gasteiger partial charge on any atom is 0.306 e. The maximum atomic E-state index is 14.9. The Labute approximate surface area is 336 Å². The molecule has 1 aromatic heterocycles. The SMILES string of the molecule is CC[C@@H]1[C@@H]2CN(C(=O)[C@H](C(C)(C)C)CC(=O)O[C@@H]3C[C@H]3CCCCCc3nc4ccc(OC)cc4nc3O2)[C@@H]1C(=O)C[C@]1(C(=O)NS(=O)(=O)C2(F)CC2)C[C@H]1C(F)F. The smallest absolute Gasteiger partial charge is 0.306 e. The van der Waals surface area contributed by atoms with Gasteiger partial charge in [-0.15, -0.1) is 0 Å². The Bertz CT molecular complexity index is 2080. The summed E-state index contributed by atoms with van der Waals surface area (Å²) in [7, 11) is -3.33. The molecule has 2 amide bonds. The molecule has 0 radical (unpaired) electrons. The van der Waals surface area contributed by atoms with Crippen molar-refractivity contribution in [3.05, 3.63) is 23.9 Å². The third-order valence-corrected chi connectivity index (χ3v) is 14.8. The van der Waals surface area contributed by atoms with E-state index < -0.39 is 98.6 Å². The number of carbonyl (C=O) groups excluding carboxylic acids is 4. The molecule has 0 unspecified atom stereocenters. The number of methoxy groups -OCH3 is 1. The second-order valence-corrected chi connectivity index (χ2v) is 19.9. The Morgan fingerprint density at radius 2 is 1.81 bits per heavy atom. The van der Waals surface area contributed by atoms with Gasteiger partial charge in [-0.2, -0.15) is 0 Å². The first-order valence-corrected chi connectivity index (χ1v) is 21.9. The molecule has 8 atom stereocenters. The first-order chi connectivity index (χ1) is 27.3. The number of alkyl halides is 3. The number of hydrogen-bond donors (Lipinski definition) is 1. The van der Waals surface area contributed by atoms with Gasteiger partial charge in [0.25, 0.3) is 10.0 Å². The number of ketones is 1. The largest absolute Gasteiger partial charge is 0.497 e. The lowest BCUT2D eigenvalue weighted by Gasteiger charge is -2.35. The number of benzene rings is 1. The predicted octanol–water partition coefficient (Wildman–Crippen LogP) is 5.86. The average molecular weight is 835 g/mol. The van der Waals surface area contributed by atoms with Crippen molar-refractivity contribution in [2.45, 2.75) is 134 Å². The van der Waals surface area contributed by atoms with Crippen molar-refractivity contribution in [2.75, 3.05) is 13.7 Å². The van der Waals surface area contributed by atoms with E-state index in [1.807, 2.05) is 0 Å². The zero-order valence-corrected chi connectivity index (χ0v) is 34.4. The molecule has 17 heteroatoms. The monoisotopic (exact) mass is 834 g/mol. The van der Waals surface area contributed by atoms with E-state index in [-0.39, 0.29) is 50.1 Å². The summed E-state index contributed by atoms with van der Waals surface area (Å²) >= 11 is 0. The van der Waals surface area contributed by atoms with Gasteiger partial charge in [-0.25, -0.2) is 36.3 Å². The van der Waals surface area contributed by atoms with Crippen molar-refractivity contribution in [3.63, 3.8) is 0 Å². The fraction of sp³-hybridized carbons (Fsp3) is 0.707. The highest BCUT2D eigenvalue weighted by molar-refractivity contribution is 7.91. The molecule has 0 spiro atoms. The molecule has 2 aliphatic heterocycles. The molecule has 4 fully saturated rings. The van der Waals surface area contributed by atoms with Gasteiger partial charge in [0.05, 0.1) is 48.5 Å². The van der Waals surface area contributed by atoms with Crippen LogP contribution in [-0.2, 0) is 40.4 Å². The Kier molecular flexibility index (Phi) is 11.3. The van der Waals surface area contributed by atoms with Crippen molar-refractivity contribution in [2.24, 2.45) is 34.5 Å². The van der Waals surface area contributed by atoms with E-state index in [4.69, 9.17) is 24.2 Å². The van der Waals surface area contributed by atoms with Gasteiger partial charge in [-0.1, -0.05) is 40.5 Å². The fourth-order valence-electron chi connectivity index (χ4n) is 8.91. The maximum absolute atomic E-state index is 14.9. The highest BCUT2D eigenvalue weighted by Crippen LogP contribution is 2.59. The Balaban J connectivity index is 1.27. The van der Waals surface area contributed by atoms with Crippen LogP contribution in [0.3, 0.4) is 0 Å². The van der Waals surface area contributed by atoms with Gasteiger partial charge in [0, 0.05) is 37.2 Å². The highest BCUT2D eigenvalue weighted by Gasteiger charge is 2.68. The van der Waals surface area contributed by atoms with Crippen LogP contribution in [0.5, 0.6) is 11.6 Å². The van der Waals surface area contributed by atoms with Gasteiger partial charge < -0.3 is 19.1 Å². The summed E-state index contributed by atoms with van der Waals surface area (Å²) in [6.45, 7) is 7.04. The molecule has 3 heterocycles. The summed E-state index contributed by atoms with van der Waals surface area (Å²) in [5.41, 5.74) is -1.25. The zero-order valence-electron chi connectivity index (χ0n) is 33.6. The number of aryl methyl sites for hydroxylation is 1. The molecule has 1 aromatic carbocycles. The topological polar surface area (TPSA) is 171 Å². The minimum Gasteiger partial charge on any atom is -0.497 e. The van der Waals surface area contributed by atoms with Crippen LogP contribution in [0.25, 0.3) is 11.0 Å². The number of nitrogens with one attached hydrogen (secondary N) is 1. The van der Waals surface area contributed by atoms with E-state index in [1.165, 1.54) is 12.0 Å². The van der Waals surface area contributed by atoms with E-state index in [0.29, 0.717) is 28.9 Å². The number of aromatic nitrogens is 2. The predicted molar refractivity (Wildman–Crippen MR) is 204 cm³/mol. The number of Topliss-reactive ketones (excluding diaryl/α,β-unsaturated/α-hetero) is 1. The van der Waals surface area contributed by atoms with Gasteiger partial charge in [-0.3, -0.25) is 19.2 Å². The molecule has 7 rings (SSSR count). The molecule has 1 saturated heterocycles. The van der Waals surface area contributed by atoms with Crippen molar-refractivity contribution in [1.29, 1.82) is 0 Å². The molecular weight excluding hydrogens is 782 g/mol. The third-order valence-electron chi connectivity index (χ3n) is 12.9. The second-order valence-electron chi connectivity index (χ2n) is 18.0. The zero-order chi connectivity index (χ0) is 41.9. The summed E-state index contributed by atoms with van der Waals surface area (Å²) in [6, 6.07) is 3.99. The summed E-state index contributed by atoms with van der Waals surface area (Å²) < 4.78 is 88.5. The van der Waals surface area contributed by atoms with Crippen LogP contribution >= 0.6 is 0 Å². The van der Waals surface area contributed by atoms with Crippen LogP contribution in [0, 0.1) is 34.5 Å². The standard InChI is InChI=1S/C41H53F3N4O9S/c1-6-24-32-21-48(34(24)30(49)20-40(19-26(40)35(42)43)38(52)47-58(53,54)41(44)14-15-41)37(51)25(39(2,3)4)18-33(50)56-31-16-22(31)10-8-7-9-11-28-36(57-32)46-29-17-23(55-5)12-13-27(29)45-28/h12-13,17,22,24-26,31-32,34-35H,6-11,14-16,18-21H2,1-5H3,(H,47,52)/t22-,24-,25-,26+,31-,32+,34+,40-/m1/s1. The van der Waals surface area contributed by atoms with E-state index in [2.05, 4.69) is 0 Å². The molecule has 2 aromatic rings. The van der Waals surface area contributed by atoms with Crippen LogP contribution in [-0.4, -0.2) is 90.2 Å². The number of nitrogens with zero attached hydrogens (tertiary/aromatic N) is 3. The normalized spacial score (nSPS) is 31.3. The van der Waals surface area contributed by atoms with E-state index in [1.54, 1.807) is 50.6 Å². The number of carbonyl (C=O) groups is 4. The van der Waals surface area contributed by atoms with Crippen molar-refractivity contribution < 1.29 is 55.0 Å². The van der Waals surface area contributed by atoms with E-state index >= 15 is 0 Å². The quantitative estimate of drug-likeness (QED) is 0.300. The number of fused-ring (bicyclic) bond motifs is 5. The molecular formula is C41H53F3N4O9S. The van der Waals surface area contributed by atoms with E-state index in [0.717, 1.165) is 32.1 Å². The average Bonchev–Trinajstić information content (AvgIpc) is 4.11. The lowest BCUT2D eigenvalue weighted by Crippen LogP contribution is -2.50. The number of halogens is 3. The Hall–Kier alpha value is -4.02. The summed E-state index contributed by atoms with van der Waals surface area (Å²) in [6.07, 6.45) is -1.52. The first-order valence-electron chi connectivity index (χ1n) is 20.4. The minimum atomic E-state index is -4.86. The van der Waals surface area contributed by atoms with Gasteiger partial charge in [0.1, 0.15) is 23.7 Å². The van der Waals surface area contributed by atoms with Gasteiger partial charge in [0.2, 0.25) is 29.1 Å². The Morgan fingerprint density at radius 1 is 1.07 bits per heavy atom. The third kappa shape index (κ3) is 8.25. The molecule has 13 nitrogen and oxygen atoms in total. The molecule has 2 bridgehead atoms. The lowest BCUT2D eigenvalue weighted by atomic mass is 9.77. The van der Waals surface area contributed by atoms with Crippen molar-refractivity contribution in [1.82, 2.24) is 19.6 Å². The molecule has 5 aliphatic rings. The molecule has 58 heavy (non-hydrogen) atoms. The van der Waals surface area contributed by atoms with Gasteiger partial charge >= 0.3 is 5.97 Å². The van der Waals surface area contributed by atoms with Gasteiger partial charge in [0.15, 0.2) is 5.78 Å². The lowest BCUT2D eigenvalue weighted by molar-refractivity contribution is -0.154. The Morgan fingerprint density at radius 3 is 2.45 bits per heavy atom. The number of sulfonamides is 1. The number of amides is 2. The van der Waals surface area contributed by atoms with Crippen LogP contribution < -0.4 is 14.2 Å². The number of esters is 1. The summed E-state index contributed by atoms with van der Waals surface area (Å²) in [4.78, 5) is 67.7. The molecule has 3 saturated carbocycles. The molecule has 3 aliphatic carbocycles. The summed E-state index contributed by atoms with van der Waals surface area (Å²) in [5.74, 6) is -5.60. The second kappa shape index (κ2) is 15.5.